The van der Waals surface area contributed by atoms with E-state index in [9.17, 15) is 0 Å². The van der Waals surface area contributed by atoms with Crippen molar-refractivity contribution in [3.05, 3.63) is 33.9 Å². The first-order valence-electron chi connectivity index (χ1n) is 5.84. The Hall–Kier alpha value is -1.33. The highest BCUT2D eigenvalue weighted by Gasteiger charge is 2.17. The molecule has 18 heavy (non-hydrogen) atoms. The van der Waals surface area contributed by atoms with Gasteiger partial charge in [0.1, 0.15) is 0 Å². The van der Waals surface area contributed by atoms with Gasteiger partial charge in [-0.1, -0.05) is 11.6 Å². The Kier molecular flexibility index (Phi) is 3.45. The predicted molar refractivity (Wildman–Crippen MR) is 71.5 cm³/mol. The standard InChI is InChI=1S/C12H18ClN5/c1-7-5-10(16-17(7)3)9(14)6-11-12(13)8(2)15-18(11)4/h5,9H,6,14H2,1-4H3. The van der Waals surface area contributed by atoms with Gasteiger partial charge >= 0.3 is 0 Å². The molecule has 0 bridgehead atoms. The number of nitrogens with zero attached hydrogens (tertiary/aromatic N) is 4. The van der Waals surface area contributed by atoms with Gasteiger partial charge in [0, 0.05) is 26.2 Å². The minimum atomic E-state index is -0.169. The molecule has 0 aromatic carbocycles. The molecule has 98 valence electrons. The van der Waals surface area contributed by atoms with Gasteiger partial charge in [0.25, 0.3) is 0 Å². The van der Waals surface area contributed by atoms with Crippen LogP contribution in [0, 0.1) is 13.8 Å². The van der Waals surface area contributed by atoms with Gasteiger partial charge in [0.05, 0.1) is 28.1 Å². The molecule has 0 aliphatic carbocycles. The molecule has 2 rings (SSSR count). The molecule has 0 aliphatic heterocycles. The van der Waals surface area contributed by atoms with Crippen LogP contribution in [0.4, 0.5) is 0 Å². The Balaban J connectivity index is 2.23. The zero-order chi connectivity index (χ0) is 13.4. The highest BCUT2D eigenvalue weighted by Crippen LogP contribution is 2.24. The fraction of sp³-hybridized carbons (Fsp3) is 0.500. The maximum Gasteiger partial charge on any atom is 0.0847 e. The number of aromatic nitrogens is 4. The van der Waals surface area contributed by atoms with Crippen molar-refractivity contribution in [3.8, 4) is 0 Å². The lowest BCUT2D eigenvalue weighted by atomic mass is 10.1. The number of nitrogens with two attached hydrogens (primary N) is 1. The molecule has 0 saturated carbocycles. The second-order valence-corrected chi connectivity index (χ2v) is 4.99. The Morgan fingerprint density at radius 3 is 2.39 bits per heavy atom. The fourth-order valence-electron chi connectivity index (χ4n) is 1.98. The summed E-state index contributed by atoms with van der Waals surface area (Å²) in [5.41, 5.74) is 9.93. The minimum Gasteiger partial charge on any atom is -0.322 e. The molecular weight excluding hydrogens is 250 g/mol. The average molecular weight is 268 g/mol. The van der Waals surface area contributed by atoms with Gasteiger partial charge in [0.2, 0.25) is 0 Å². The normalized spacial score (nSPS) is 13.0. The fourth-order valence-corrected chi connectivity index (χ4v) is 2.22. The van der Waals surface area contributed by atoms with Gasteiger partial charge in [-0.05, 0) is 19.9 Å². The summed E-state index contributed by atoms with van der Waals surface area (Å²) < 4.78 is 3.61. The molecule has 1 unspecified atom stereocenters. The van der Waals surface area contributed by atoms with Crippen LogP contribution in [0.2, 0.25) is 5.02 Å². The average Bonchev–Trinajstić information content (AvgIpc) is 2.75. The van der Waals surface area contributed by atoms with E-state index in [1.54, 1.807) is 4.68 Å². The molecule has 0 saturated heterocycles. The molecule has 2 heterocycles. The van der Waals surface area contributed by atoms with E-state index in [0.29, 0.717) is 11.4 Å². The molecule has 2 aromatic rings. The van der Waals surface area contributed by atoms with Crippen molar-refractivity contribution in [1.82, 2.24) is 19.6 Å². The largest absolute Gasteiger partial charge is 0.322 e. The lowest BCUT2D eigenvalue weighted by Gasteiger charge is -2.09. The smallest absolute Gasteiger partial charge is 0.0847 e. The zero-order valence-corrected chi connectivity index (χ0v) is 11.9. The lowest BCUT2D eigenvalue weighted by Crippen LogP contribution is -2.16. The topological polar surface area (TPSA) is 61.7 Å². The second kappa shape index (κ2) is 4.74. The van der Waals surface area contributed by atoms with Crippen molar-refractivity contribution in [3.63, 3.8) is 0 Å². The summed E-state index contributed by atoms with van der Waals surface area (Å²) in [4.78, 5) is 0. The monoisotopic (exact) mass is 267 g/mol. The SMILES string of the molecule is Cc1nn(C)c(CC(N)c2cc(C)n(C)n2)c1Cl. The van der Waals surface area contributed by atoms with Gasteiger partial charge in [0.15, 0.2) is 0 Å². The third-order valence-electron chi connectivity index (χ3n) is 3.19. The van der Waals surface area contributed by atoms with Crippen molar-refractivity contribution in [2.45, 2.75) is 26.3 Å². The summed E-state index contributed by atoms with van der Waals surface area (Å²) in [6.07, 6.45) is 0.632. The summed E-state index contributed by atoms with van der Waals surface area (Å²) in [6.45, 7) is 3.90. The summed E-state index contributed by atoms with van der Waals surface area (Å²) in [5.74, 6) is 0. The number of hydrogen-bond acceptors (Lipinski definition) is 3. The van der Waals surface area contributed by atoms with Crippen LogP contribution in [0.3, 0.4) is 0 Å². The molecule has 2 aromatic heterocycles. The van der Waals surface area contributed by atoms with Crippen molar-refractivity contribution in [1.29, 1.82) is 0 Å². The Morgan fingerprint density at radius 1 is 1.28 bits per heavy atom. The second-order valence-electron chi connectivity index (χ2n) is 4.61. The summed E-state index contributed by atoms with van der Waals surface area (Å²) in [7, 11) is 3.79. The molecule has 6 heteroatoms. The van der Waals surface area contributed by atoms with Crippen LogP contribution in [0.15, 0.2) is 6.07 Å². The molecule has 0 spiro atoms. The van der Waals surface area contributed by atoms with Gasteiger partial charge in [-0.15, -0.1) is 0 Å². The first-order valence-corrected chi connectivity index (χ1v) is 6.22. The molecule has 0 fully saturated rings. The van der Waals surface area contributed by atoms with Crippen LogP contribution in [-0.4, -0.2) is 19.6 Å². The third kappa shape index (κ3) is 2.28. The molecule has 2 N–H and O–H groups in total. The highest BCUT2D eigenvalue weighted by atomic mass is 35.5. The maximum atomic E-state index is 6.22. The maximum absolute atomic E-state index is 6.22. The zero-order valence-electron chi connectivity index (χ0n) is 11.1. The Bertz CT molecular complexity index is 550. The van der Waals surface area contributed by atoms with Crippen LogP contribution in [0.5, 0.6) is 0 Å². The molecule has 5 nitrogen and oxygen atoms in total. The first-order chi connectivity index (χ1) is 8.40. The lowest BCUT2D eigenvalue weighted by molar-refractivity contribution is 0.613. The van der Waals surface area contributed by atoms with E-state index in [2.05, 4.69) is 10.2 Å². The van der Waals surface area contributed by atoms with Crippen LogP contribution in [0.1, 0.15) is 28.8 Å². The third-order valence-corrected chi connectivity index (χ3v) is 3.68. The van der Waals surface area contributed by atoms with Gasteiger partial charge < -0.3 is 5.73 Å². The Morgan fingerprint density at radius 2 is 1.94 bits per heavy atom. The predicted octanol–water partition coefficient (Wildman–Crippen LogP) is 1.67. The van der Waals surface area contributed by atoms with Crippen molar-refractivity contribution in [2.24, 2.45) is 19.8 Å². The Labute approximate surface area is 112 Å². The van der Waals surface area contributed by atoms with E-state index in [-0.39, 0.29) is 6.04 Å². The highest BCUT2D eigenvalue weighted by molar-refractivity contribution is 6.31. The number of rotatable bonds is 3. The van der Waals surface area contributed by atoms with Gasteiger partial charge in [-0.2, -0.15) is 10.2 Å². The van der Waals surface area contributed by atoms with Crippen molar-refractivity contribution in [2.75, 3.05) is 0 Å². The molecule has 1 atom stereocenters. The van der Waals surface area contributed by atoms with Crippen LogP contribution in [0.25, 0.3) is 0 Å². The molecular formula is C12H18ClN5. The van der Waals surface area contributed by atoms with Crippen LogP contribution < -0.4 is 5.73 Å². The van der Waals surface area contributed by atoms with Gasteiger partial charge in [-0.25, -0.2) is 0 Å². The minimum absolute atomic E-state index is 0.169. The van der Waals surface area contributed by atoms with Crippen LogP contribution in [-0.2, 0) is 20.5 Å². The number of aryl methyl sites for hydroxylation is 4. The molecule has 0 radical (unpaired) electrons. The van der Waals surface area contributed by atoms with E-state index in [4.69, 9.17) is 17.3 Å². The van der Waals surface area contributed by atoms with Crippen molar-refractivity contribution < 1.29 is 0 Å². The molecule has 0 aliphatic rings. The van der Waals surface area contributed by atoms with Crippen LogP contribution >= 0.6 is 11.6 Å². The van der Waals surface area contributed by atoms with E-state index in [1.807, 2.05) is 38.7 Å². The van der Waals surface area contributed by atoms with Gasteiger partial charge in [-0.3, -0.25) is 9.36 Å². The van der Waals surface area contributed by atoms with Crippen molar-refractivity contribution >= 4 is 11.6 Å². The summed E-state index contributed by atoms with van der Waals surface area (Å²) in [5, 5.41) is 9.37. The van der Waals surface area contributed by atoms with E-state index in [1.165, 1.54) is 0 Å². The quantitative estimate of drug-likeness (QED) is 0.920. The van der Waals surface area contributed by atoms with E-state index >= 15 is 0 Å². The summed E-state index contributed by atoms with van der Waals surface area (Å²) in [6, 6.07) is 1.83. The number of hydrogen-bond donors (Lipinski definition) is 1. The first kappa shape index (κ1) is 13.1. The van der Waals surface area contributed by atoms with E-state index in [0.717, 1.165) is 22.8 Å². The number of halogens is 1. The molecule has 0 amide bonds. The summed E-state index contributed by atoms with van der Waals surface area (Å²) >= 11 is 6.22. The van der Waals surface area contributed by atoms with E-state index < -0.39 is 0 Å².